The van der Waals surface area contributed by atoms with Gasteiger partial charge in [0.1, 0.15) is 6.04 Å². The molecule has 156 valence electrons. The van der Waals surface area contributed by atoms with Crippen molar-refractivity contribution in [3.63, 3.8) is 0 Å². The predicted molar refractivity (Wildman–Crippen MR) is 107 cm³/mol. The summed E-state index contributed by atoms with van der Waals surface area (Å²) in [5.41, 5.74) is 0.733. The summed E-state index contributed by atoms with van der Waals surface area (Å²) in [6, 6.07) is 2.84. The van der Waals surface area contributed by atoms with E-state index in [0.717, 1.165) is 18.4 Å². The molecule has 0 bridgehead atoms. The van der Waals surface area contributed by atoms with E-state index >= 15 is 0 Å². The van der Waals surface area contributed by atoms with E-state index in [1.807, 2.05) is 19.9 Å². The van der Waals surface area contributed by atoms with Gasteiger partial charge < -0.3 is 20.5 Å². The smallest absolute Gasteiger partial charge is 0.315 e. The van der Waals surface area contributed by atoms with Crippen LogP contribution in [0.15, 0.2) is 29.0 Å². The average molecular weight is 400 g/mol. The number of aromatic nitrogens is 3. The molecule has 9 heteroatoms. The first-order valence-corrected chi connectivity index (χ1v) is 10.1. The maximum atomic E-state index is 12.3. The standard InChI is InChI=1S/C20H28N6O3/c1-13(2)17(19-25-18(26-29-19)15-8-5-9-21-11-15)24-16(27)12-23-20(28)22-10-14-6-3-4-7-14/h5,8-9,11,13-14,17H,3-4,6-7,10,12H2,1-2H3,(H,24,27)(H2,22,23,28). The van der Waals surface area contributed by atoms with Crippen molar-refractivity contribution < 1.29 is 14.1 Å². The summed E-state index contributed by atoms with van der Waals surface area (Å²) >= 11 is 0. The van der Waals surface area contributed by atoms with Crippen LogP contribution in [0.3, 0.4) is 0 Å². The number of carbonyl (C=O) groups is 2. The van der Waals surface area contributed by atoms with Gasteiger partial charge in [0, 0.05) is 24.5 Å². The van der Waals surface area contributed by atoms with Crippen LogP contribution in [0, 0.1) is 11.8 Å². The molecule has 1 unspecified atom stereocenters. The normalized spacial score (nSPS) is 15.3. The van der Waals surface area contributed by atoms with Crippen LogP contribution in [-0.4, -0.2) is 40.2 Å². The third-order valence-electron chi connectivity index (χ3n) is 5.05. The van der Waals surface area contributed by atoms with Gasteiger partial charge in [0.15, 0.2) is 0 Å². The van der Waals surface area contributed by atoms with E-state index in [9.17, 15) is 9.59 Å². The van der Waals surface area contributed by atoms with Crippen molar-refractivity contribution in [3.05, 3.63) is 30.4 Å². The summed E-state index contributed by atoms with van der Waals surface area (Å²) in [6.45, 7) is 4.42. The number of pyridine rings is 1. The number of hydrogen-bond donors (Lipinski definition) is 3. The van der Waals surface area contributed by atoms with Crippen LogP contribution >= 0.6 is 0 Å². The quantitative estimate of drug-likeness (QED) is 0.626. The Labute approximate surface area is 170 Å². The molecule has 0 saturated heterocycles. The lowest BCUT2D eigenvalue weighted by Crippen LogP contribution is -2.44. The molecule has 1 saturated carbocycles. The van der Waals surface area contributed by atoms with Crippen molar-refractivity contribution in [1.29, 1.82) is 0 Å². The van der Waals surface area contributed by atoms with E-state index in [0.29, 0.717) is 24.2 Å². The van der Waals surface area contributed by atoms with Crippen molar-refractivity contribution >= 4 is 11.9 Å². The second-order valence-electron chi connectivity index (χ2n) is 7.70. The van der Waals surface area contributed by atoms with Gasteiger partial charge in [0.05, 0.1) is 6.54 Å². The molecule has 1 aliphatic rings. The van der Waals surface area contributed by atoms with E-state index in [4.69, 9.17) is 4.52 Å². The molecule has 3 N–H and O–H groups in total. The highest BCUT2D eigenvalue weighted by atomic mass is 16.5. The van der Waals surface area contributed by atoms with Crippen LogP contribution < -0.4 is 16.0 Å². The van der Waals surface area contributed by atoms with Gasteiger partial charge in [0.2, 0.25) is 17.6 Å². The van der Waals surface area contributed by atoms with Crippen LogP contribution in [0.2, 0.25) is 0 Å². The van der Waals surface area contributed by atoms with Gasteiger partial charge in [-0.15, -0.1) is 0 Å². The highest BCUT2D eigenvalue weighted by molar-refractivity contribution is 5.84. The fourth-order valence-corrected chi connectivity index (χ4v) is 3.39. The molecule has 3 rings (SSSR count). The zero-order valence-electron chi connectivity index (χ0n) is 16.9. The molecule has 9 nitrogen and oxygen atoms in total. The summed E-state index contributed by atoms with van der Waals surface area (Å²) in [6.07, 6.45) is 8.07. The Morgan fingerprint density at radius 3 is 2.72 bits per heavy atom. The van der Waals surface area contributed by atoms with Crippen molar-refractivity contribution in [2.75, 3.05) is 13.1 Å². The van der Waals surface area contributed by atoms with E-state index in [2.05, 4.69) is 31.1 Å². The summed E-state index contributed by atoms with van der Waals surface area (Å²) in [5.74, 6) is 0.986. The largest absolute Gasteiger partial charge is 0.343 e. The third-order valence-corrected chi connectivity index (χ3v) is 5.05. The molecule has 3 amide bonds. The maximum absolute atomic E-state index is 12.3. The van der Waals surface area contributed by atoms with Crippen LogP contribution in [-0.2, 0) is 4.79 Å². The minimum Gasteiger partial charge on any atom is -0.343 e. The zero-order chi connectivity index (χ0) is 20.6. The fraction of sp³-hybridized carbons (Fsp3) is 0.550. The number of carbonyl (C=O) groups excluding carboxylic acids is 2. The van der Waals surface area contributed by atoms with Crippen molar-refractivity contribution in [2.45, 2.75) is 45.6 Å². The van der Waals surface area contributed by atoms with Crippen LogP contribution in [0.25, 0.3) is 11.4 Å². The number of nitrogens with zero attached hydrogens (tertiary/aromatic N) is 3. The summed E-state index contributed by atoms with van der Waals surface area (Å²) < 4.78 is 5.36. The molecule has 2 aromatic rings. The zero-order valence-corrected chi connectivity index (χ0v) is 16.9. The molecular formula is C20H28N6O3. The number of amides is 3. The molecular weight excluding hydrogens is 372 g/mol. The van der Waals surface area contributed by atoms with Gasteiger partial charge in [-0.25, -0.2) is 4.79 Å². The molecule has 0 radical (unpaired) electrons. The van der Waals surface area contributed by atoms with E-state index in [1.54, 1.807) is 18.5 Å². The minimum absolute atomic E-state index is 0.0253. The lowest BCUT2D eigenvalue weighted by Gasteiger charge is -2.19. The van der Waals surface area contributed by atoms with Crippen molar-refractivity contribution in [3.8, 4) is 11.4 Å². The van der Waals surface area contributed by atoms with E-state index < -0.39 is 6.04 Å². The number of urea groups is 1. The lowest BCUT2D eigenvalue weighted by atomic mass is 10.0. The van der Waals surface area contributed by atoms with Gasteiger partial charge in [-0.2, -0.15) is 4.98 Å². The fourth-order valence-electron chi connectivity index (χ4n) is 3.39. The van der Waals surface area contributed by atoms with Crippen LogP contribution in [0.4, 0.5) is 4.79 Å². The molecule has 2 aromatic heterocycles. The summed E-state index contributed by atoms with van der Waals surface area (Å²) in [7, 11) is 0. The van der Waals surface area contributed by atoms with E-state index in [-0.39, 0.29) is 24.4 Å². The first-order chi connectivity index (χ1) is 14.0. The maximum Gasteiger partial charge on any atom is 0.315 e. The topological polar surface area (TPSA) is 122 Å². The molecule has 0 spiro atoms. The van der Waals surface area contributed by atoms with Gasteiger partial charge in [0.25, 0.3) is 0 Å². The first-order valence-electron chi connectivity index (χ1n) is 10.1. The number of hydrogen-bond acceptors (Lipinski definition) is 6. The predicted octanol–water partition coefficient (Wildman–Crippen LogP) is 2.43. The van der Waals surface area contributed by atoms with Gasteiger partial charge in [-0.05, 0) is 36.8 Å². The molecule has 29 heavy (non-hydrogen) atoms. The minimum atomic E-state index is -0.455. The van der Waals surface area contributed by atoms with Crippen LogP contribution in [0.5, 0.6) is 0 Å². The number of rotatable bonds is 8. The molecule has 0 aromatic carbocycles. The Balaban J connectivity index is 1.50. The Morgan fingerprint density at radius 2 is 2.03 bits per heavy atom. The molecule has 2 heterocycles. The first kappa shape index (κ1) is 20.8. The van der Waals surface area contributed by atoms with Crippen molar-refractivity contribution in [1.82, 2.24) is 31.1 Å². The molecule has 1 aliphatic carbocycles. The Kier molecular flexibility index (Phi) is 7.15. The van der Waals surface area contributed by atoms with E-state index in [1.165, 1.54) is 12.8 Å². The number of nitrogens with one attached hydrogen (secondary N) is 3. The highest BCUT2D eigenvalue weighted by Crippen LogP contribution is 2.24. The van der Waals surface area contributed by atoms with Gasteiger partial charge >= 0.3 is 6.03 Å². The average Bonchev–Trinajstić information content (AvgIpc) is 3.41. The highest BCUT2D eigenvalue weighted by Gasteiger charge is 2.25. The van der Waals surface area contributed by atoms with Crippen LogP contribution in [0.1, 0.15) is 51.5 Å². The van der Waals surface area contributed by atoms with Gasteiger partial charge in [-0.3, -0.25) is 9.78 Å². The monoisotopic (exact) mass is 400 g/mol. The summed E-state index contributed by atoms with van der Waals surface area (Å²) in [4.78, 5) is 32.7. The summed E-state index contributed by atoms with van der Waals surface area (Å²) in [5, 5.41) is 12.3. The SMILES string of the molecule is CC(C)C(NC(=O)CNC(=O)NCC1CCCC1)c1nc(-c2cccnc2)no1. The lowest BCUT2D eigenvalue weighted by molar-refractivity contribution is -0.121. The van der Waals surface area contributed by atoms with Gasteiger partial charge in [-0.1, -0.05) is 31.8 Å². The Bertz CT molecular complexity index is 802. The molecule has 0 aliphatic heterocycles. The molecule has 1 fully saturated rings. The molecule has 1 atom stereocenters. The second-order valence-corrected chi connectivity index (χ2v) is 7.70. The van der Waals surface area contributed by atoms with Crippen molar-refractivity contribution in [2.24, 2.45) is 11.8 Å². The Hall–Kier alpha value is -2.97. The Morgan fingerprint density at radius 1 is 1.24 bits per heavy atom. The second kappa shape index (κ2) is 9.99. The third kappa shape index (κ3) is 6.00.